The normalized spacial score (nSPS) is 17.2. The number of hydrogen-bond donors (Lipinski definition) is 2. The summed E-state index contributed by atoms with van der Waals surface area (Å²) in [6.45, 7) is 1.58. The summed E-state index contributed by atoms with van der Waals surface area (Å²) in [7, 11) is 1.56. The highest BCUT2D eigenvalue weighted by molar-refractivity contribution is 6.00. The fourth-order valence-electron chi connectivity index (χ4n) is 2.30. The predicted molar refractivity (Wildman–Crippen MR) is 78.3 cm³/mol. The maximum atomic E-state index is 12.3. The highest BCUT2D eigenvalue weighted by Crippen LogP contribution is 2.34. The number of anilines is 1. The molecule has 2 aromatic rings. The third kappa shape index (κ3) is 2.80. The molecule has 9 heteroatoms. The fourth-order valence-corrected chi connectivity index (χ4v) is 2.30. The Morgan fingerprint density at radius 2 is 2.22 bits per heavy atom. The first-order valence-electron chi connectivity index (χ1n) is 6.80. The average Bonchev–Trinajstić information content (AvgIpc) is 2.91. The van der Waals surface area contributed by atoms with Crippen molar-refractivity contribution in [1.29, 1.82) is 0 Å². The Hall–Kier alpha value is -3.10. The molecular formula is C14H14N4O5. The SMILES string of the molecule is Cc1nnc(-c2ccc3c(c2)OCC(NC(=O)O)C(=O)N3C)o1. The van der Waals surface area contributed by atoms with E-state index in [1.807, 2.05) is 0 Å². The summed E-state index contributed by atoms with van der Waals surface area (Å²) in [4.78, 5) is 24.4. The van der Waals surface area contributed by atoms with Gasteiger partial charge in [-0.05, 0) is 18.2 Å². The van der Waals surface area contributed by atoms with Crippen molar-refractivity contribution < 1.29 is 23.8 Å². The van der Waals surface area contributed by atoms with Crippen molar-refractivity contribution in [3.8, 4) is 17.2 Å². The zero-order valence-corrected chi connectivity index (χ0v) is 12.4. The third-order valence-corrected chi connectivity index (χ3v) is 3.43. The van der Waals surface area contributed by atoms with Crippen LogP contribution in [0.1, 0.15) is 5.89 Å². The van der Waals surface area contributed by atoms with Crippen LogP contribution in [0.4, 0.5) is 10.5 Å². The molecule has 0 saturated carbocycles. The number of nitrogens with one attached hydrogen (secondary N) is 1. The number of nitrogens with zero attached hydrogens (tertiary/aromatic N) is 3. The number of aryl methyl sites for hydroxylation is 1. The topological polar surface area (TPSA) is 118 Å². The van der Waals surface area contributed by atoms with E-state index >= 15 is 0 Å². The molecule has 1 aromatic heterocycles. The second-order valence-corrected chi connectivity index (χ2v) is 5.02. The monoisotopic (exact) mass is 318 g/mol. The highest BCUT2D eigenvalue weighted by atomic mass is 16.5. The van der Waals surface area contributed by atoms with Crippen LogP contribution in [0.25, 0.3) is 11.5 Å². The zero-order valence-electron chi connectivity index (χ0n) is 12.4. The Balaban J connectivity index is 1.94. The molecule has 2 heterocycles. The molecule has 0 saturated heterocycles. The van der Waals surface area contributed by atoms with E-state index < -0.39 is 18.0 Å². The van der Waals surface area contributed by atoms with Gasteiger partial charge in [0.1, 0.15) is 18.4 Å². The van der Waals surface area contributed by atoms with Crippen LogP contribution in [0.15, 0.2) is 22.6 Å². The summed E-state index contributed by atoms with van der Waals surface area (Å²) in [6, 6.07) is 4.11. The van der Waals surface area contributed by atoms with E-state index in [1.54, 1.807) is 32.2 Å². The molecule has 3 rings (SSSR count). The van der Waals surface area contributed by atoms with Gasteiger partial charge in [0.2, 0.25) is 11.8 Å². The minimum atomic E-state index is -1.28. The van der Waals surface area contributed by atoms with E-state index in [4.69, 9.17) is 14.3 Å². The van der Waals surface area contributed by atoms with Crippen LogP contribution >= 0.6 is 0 Å². The summed E-state index contributed by atoms with van der Waals surface area (Å²) in [5.74, 6) is 0.817. The summed E-state index contributed by atoms with van der Waals surface area (Å²) >= 11 is 0. The average molecular weight is 318 g/mol. The molecule has 9 nitrogen and oxygen atoms in total. The molecule has 120 valence electrons. The standard InChI is InChI=1S/C14H14N4O5/c1-7-16-17-12(23-7)8-3-4-10-11(5-8)22-6-9(15-14(20)21)13(19)18(10)2/h3-5,9,15H,6H2,1-2H3,(H,20,21). The Kier molecular flexibility index (Phi) is 3.61. The minimum absolute atomic E-state index is 0.102. The molecule has 1 aromatic carbocycles. The summed E-state index contributed by atoms with van der Waals surface area (Å²) < 4.78 is 11.0. The van der Waals surface area contributed by atoms with Gasteiger partial charge in [-0.15, -0.1) is 10.2 Å². The van der Waals surface area contributed by atoms with Crippen LogP contribution in [0.3, 0.4) is 0 Å². The smallest absolute Gasteiger partial charge is 0.405 e. The van der Waals surface area contributed by atoms with Gasteiger partial charge in [0.05, 0.1) is 5.69 Å². The molecule has 1 aliphatic rings. The maximum absolute atomic E-state index is 12.3. The molecule has 2 N–H and O–H groups in total. The molecule has 0 fully saturated rings. The van der Waals surface area contributed by atoms with Crippen molar-refractivity contribution in [3.05, 3.63) is 24.1 Å². The minimum Gasteiger partial charge on any atom is -0.489 e. The first-order valence-corrected chi connectivity index (χ1v) is 6.80. The zero-order chi connectivity index (χ0) is 16.6. The van der Waals surface area contributed by atoms with Crippen molar-refractivity contribution in [3.63, 3.8) is 0 Å². The Labute approximate surface area is 130 Å². The van der Waals surface area contributed by atoms with Gasteiger partial charge in [0.25, 0.3) is 5.91 Å². The van der Waals surface area contributed by atoms with E-state index in [2.05, 4.69) is 15.5 Å². The Morgan fingerprint density at radius 3 is 2.87 bits per heavy atom. The van der Waals surface area contributed by atoms with Crippen LogP contribution in [-0.2, 0) is 4.79 Å². The van der Waals surface area contributed by atoms with E-state index in [-0.39, 0.29) is 6.61 Å². The van der Waals surface area contributed by atoms with Gasteiger partial charge in [0.15, 0.2) is 0 Å². The lowest BCUT2D eigenvalue weighted by Gasteiger charge is -2.19. The predicted octanol–water partition coefficient (Wildman–Crippen LogP) is 1.04. The molecular weight excluding hydrogens is 304 g/mol. The van der Waals surface area contributed by atoms with Crippen molar-refractivity contribution in [2.45, 2.75) is 13.0 Å². The van der Waals surface area contributed by atoms with Crippen molar-refractivity contribution >= 4 is 17.7 Å². The number of rotatable bonds is 2. The van der Waals surface area contributed by atoms with Crippen LogP contribution in [-0.4, -0.2) is 47.0 Å². The first-order chi connectivity index (χ1) is 11.0. The number of benzene rings is 1. The second kappa shape index (κ2) is 5.59. The van der Waals surface area contributed by atoms with E-state index in [9.17, 15) is 9.59 Å². The lowest BCUT2D eigenvalue weighted by molar-refractivity contribution is -0.120. The lowest BCUT2D eigenvalue weighted by atomic mass is 10.1. The Morgan fingerprint density at radius 1 is 1.43 bits per heavy atom. The van der Waals surface area contributed by atoms with Crippen molar-refractivity contribution in [2.24, 2.45) is 0 Å². The summed E-state index contributed by atoms with van der Waals surface area (Å²) in [5.41, 5.74) is 1.18. The number of fused-ring (bicyclic) bond motifs is 1. The number of likely N-dealkylation sites (N-methyl/N-ethyl adjacent to an activating group) is 1. The number of carbonyl (C=O) groups excluding carboxylic acids is 1. The van der Waals surface area contributed by atoms with Gasteiger partial charge in [-0.1, -0.05) is 0 Å². The fraction of sp³-hybridized carbons (Fsp3) is 0.286. The van der Waals surface area contributed by atoms with Gasteiger partial charge in [-0.3, -0.25) is 4.79 Å². The molecule has 0 radical (unpaired) electrons. The summed E-state index contributed by atoms with van der Waals surface area (Å²) in [6.07, 6.45) is -1.28. The van der Waals surface area contributed by atoms with Gasteiger partial charge < -0.3 is 24.5 Å². The first kappa shape index (κ1) is 14.8. The molecule has 23 heavy (non-hydrogen) atoms. The number of carbonyl (C=O) groups is 2. The van der Waals surface area contributed by atoms with Gasteiger partial charge in [0, 0.05) is 19.5 Å². The van der Waals surface area contributed by atoms with Gasteiger partial charge in [-0.2, -0.15) is 0 Å². The number of carboxylic acid groups (broad SMARTS) is 1. The molecule has 2 amide bonds. The highest BCUT2D eigenvalue weighted by Gasteiger charge is 2.30. The number of hydrogen-bond acceptors (Lipinski definition) is 6. The largest absolute Gasteiger partial charge is 0.489 e. The molecule has 1 unspecified atom stereocenters. The summed E-state index contributed by atoms with van der Waals surface area (Å²) in [5, 5.41) is 18.7. The number of aromatic nitrogens is 2. The van der Waals surface area contributed by atoms with E-state index in [0.717, 1.165) is 0 Å². The molecule has 1 aliphatic heterocycles. The molecule has 0 bridgehead atoms. The lowest BCUT2D eigenvalue weighted by Crippen LogP contribution is -2.48. The van der Waals surface area contributed by atoms with Crippen molar-refractivity contribution in [2.75, 3.05) is 18.6 Å². The number of amides is 2. The van der Waals surface area contributed by atoms with Gasteiger partial charge >= 0.3 is 6.09 Å². The van der Waals surface area contributed by atoms with Crippen LogP contribution in [0.5, 0.6) is 5.75 Å². The van der Waals surface area contributed by atoms with E-state index in [1.165, 1.54) is 4.90 Å². The maximum Gasteiger partial charge on any atom is 0.405 e. The quantitative estimate of drug-likeness (QED) is 0.849. The van der Waals surface area contributed by atoms with E-state index in [0.29, 0.717) is 28.8 Å². The third-order valence-electron chi connectivity index (χ3n) is 3.43. The van der Waals surface area contributed by atoms with Crippen LogP contribution in [0, 0.1) is 6.92 Å². The molecule has 0 aliphatic carbocycles. The van der Waals surface area contributed by atoms with Crippen molar-refractivity contribution in [1.82, 2.24) is 15.5 Å². The Bertz CT molecular complexity index is 772. The van der Waals surface area contributed by atoms with Crippen LogP contribution in [0.2, 0.25) is 0 Å². The molecule has 1 atom stereocenters. The van der Waals surface area contributed by atoms with Crippen LogP contribution < -0.4 is 15.0 Å². The number of ether oxygens (including phenoxy) is 1. The second-order valence-electron chi connectivity index (χ2n) is 5.02. The molecule has 0 spiro atoms. The van der Waals surface area contributed by atoms with Gasteiger partial charge in [-0.25, -0.2) is 4.79 Å².